The van der Waals surface area contributed by atoms with Gasteiger partial charge in [-0.2, -0.15) is 0 Å². The maximum atomic E-state index is 11.4. The summed E-state index contributed by atoms with van der Waals surface area (Å²) in [6, 6.07) is 5.73. The summed E-state index contributed by atoms with van der Waals surface area (Å²) in [6.07, 6.45) is 1.29. The SMILES string of the molecule is CCCN1CC(C)Oc2cc(C(C)=O)ccc21. The molecule has 0 spiro atoms. The second-order valence-corrected chi connectivity index (χ2v) is 4.61. The van der Waals surface area contributed by atoms with E-state index in [1.807, 2.05) is 18.2 Å². The highest BCUT2D eigenvalue weighted by Crippen LogP contribution is 2.34. The Bertz CT molecular complexity index is 428. The van der Waals surface area contributed by atoms with Crippen molar-refractivity contribution in [3.63, 3.8) is 0 Å². The number of fused-ring (bicyclic) bond motifs is 1. The molecule has 92 valence electrons. The molecule has 2 rings (SSSR count). The van der Waals surface area contributed by atoms with Crippen molar-refractivity contribution in [2.75, 3.05) is 18.0 Å². The monoisotopic (exact) mass is 233 g/mol. The minimum Gasteiger partial charge on any atom is -0.487 e. The third kappa shape index (κ3) is 2.43. The van der Waals surface area contributed by atoms with Crippen molar-refractivity contribution in [1.82, 2.24) is 0 Å². The number of rotatable bonds is 3. The van der Waals surface area contributed by atoms with E-state index >= 15 is 0 Å². The van der Waals surface area contributed by atoms with Crippen LogP contribution >= 0.6 is 0 Å². The van der Waals surface area contributed by atoms with Crippen molar-refractivity contribution in [2.45, 2.75) is 33.3 Å². The van der Waals surface area contributed by atoms with E-state index in [1.54, 1.807) is 6.92 Å². The maximum Gasteiger partial charge on any atom is 0.159 e. The summed E-state index contributed by atoms with van der Waals surface area (Å²) in [5.74, 6) is 0.918. The van der Waals surface area contributed by atoms with Gasteiger partial charge in [-0.05, 0) is 38.5 Å². The van der Waals surface area contributed by atoms with Gasteiger partial charge in [-0.15, -0.1) is 0 Å². The van der Waals surface area contributed by atoms with Gasteiger partial charge in [-0.3, -0.25) is 4.79 Å². The molecule has 1 atom stereocenters. The van der Waals surface area contributed by atoms with E-state index in [-0.39, 0.29) is 11.9 Å². The van der Waals surface area contributed by atoms with Crippen LogP contribution in [0.5, 0.6) is 5.75 Å². The van der Waals surface area contributed by atoms with E-state index in [9.17, 15) is 4.79 Å². The molecule has 1 unspecified atom stereocenters. The van der Waals surface area contributed by atoms with Gasteiger partial charge >= 0.3 is 0 Å². The first kappa shape index (κ1) is 12.0. The van der Waals surface area contributed by atoms with Crippen LogP contribution in [-0.2, 0) is 0 Å². The summed E-state index contributed by atoms with van der Waals surface area (Å²) in [5, 5.41) is 0. The third-order valence-electron chi connectivity index (χ3n) is 3.01. The number of benzene rings is 1. The van der Waals surface area contributed by atoms with Crippen molar-refractivity contribution in [3.8, 4) is 5.75 Å². The Kier molecular flexibility index (Phi) is 3.36. The van der Waals surface area contributed by atoms with E-state index < -0.39 is 0 Å². The van der Waals surface area contributed by atoms with E-state index in [2.05, 4.69) is 18.7 Å². The average Bonchev–Trinajstić information content (AvgIpc) is 2.28. The molecule has 0 N–H and O–H groups in total. The molecule has 3 nitrogen and oxygen atoms in total. The van der Waals surface area contributed by atoms with Crippen LogP contribution in [0.4, 0.5) is 5.69 Å². The predicted octanol–water partition coefficient (Wildman–Crippen LogP) is 2.89. The zero-order valence-corrected chi connectivity index (χ0v) is 10.7. The zero-order valence-electron chi connectivity index (χ0n) is 10.7. The molecular weight excluding hydrogens is 214 g/mol. The van der Waals surface area contributed by atoms with Crippen LogP contribution in [0.25, 0.3) is 0 Å². The first-order valence-corrected chi connectivity index (χ1v) is 6.18. The van der Waals surface area contributed by atoms with E-state index in [0.717, 1.165) is 30.9 Å². The van der Waals surface area contributed by atoms with Gasteiger partial charge in [0.2, 0.25) is 0 Å². The molecule has 0 aliphatic carbocycles. The van der Waals surface area contributed by atoms with E-state index in [1.165, 1.54) is 0 Å². The second-order valence-electron chi connectivity index (χ2n) is 4.61. The number of ether oxygens (including phenoxy) is 1. The largest absolute Gasteiger partial charge is 0.487 e. The van der Waals surface area contributed by atoms with E-state index in [4.69, 9.17) is 4.74 Å². The predicted molar refractivity (Wildman–Crippen MR) is 69.0 cm³/mol. The summed E-state index contributed by atoms with van der Waals surface area (Å²) in [7, 11) is 0. The summed E-state index contributed by atoms with van der Waals surface area (Å²) < 4.78 is 5.81. The Morgan fingerprint density at radius 1 is 1.53 bits per heavy atom. The van der Waals surface area contributed by atoms with Crippen molar-refractivity contribution < 1.29 is 9.53 Å². The molecule has 1 aromatic rings. The average molecular weight is 233 g/mol. The van der Waals surface area contributed by atoms with Gasteiger partial charge in [-0.1, -0.05) is 6.92 Å². The van der Waals surface area contributed by atoms with Gasteiger partial charge in [0.15, 0.2) is 5.78 Å². The van der Waals surface area contributed by atoms with Crippen LogP contribution in [-0.4, -0.2) is 25.0 Å². The highest BCUT2D eigenvalue weighted by atomic mass is 16.5. The minimum absolute atomic E-state index is 0.0802. The maximum absolute atomic E-state index is 11.4. The van der Waals surface area contributed by atoms with Crippen LogP contribution in [0.15, 0.2) is 18.2 Å². The molecule has 0 aromatic heterocycles. The summed E-state index contributed by atoms with van der Waals surface area (Å²) in [5.41, 5.74) is 1.82. The lowest BCUT2D eigenvalue weighted by atomic mass is 10.1. The first-order valence-electron chi connectivity index (χ1n) is 6.18. The second kappa shape index (κ2) is 4.78. The smallest absolute Gasteiger partial charge is 0.159 e. The molecule has 1 aliphatic heterocycles. The number of hydrogen-bond acceptors (Lipinski definition) is 3. The lowest BCUT2D eigenvalue weighted by molar-refractivity contribution is 0.101. The summed E-state index contributed by atoms with van der Waals surface area (Å²) in [4.78, 5) is 13.7. The molecule has 0 amide bonds. The molecule has 0 saturated heterocycles. The summed E-state index contributed by atoms with van der Waals surface area (Å²) in [6.45, 7) is 7.76. The first-order chi connectivity index (χ1) is 8.11. The molecule has 1 aromatic carbocycles. The molecular formula is C14H19NO2. The minimum atomic E-state index is 0.0802. The fourth-order valence-electron chi connectivity index (χ4n) is 2.23. The lowest BCUT2D eigenvalue weighted by Crippen LogP contribution is -2.38. The molecule has 0 fully saturated rings. The normalized spacial score (nSPS) is 18.5. The fraction of sp³-hybridized carbons (Fsp3) is 0.500. The third-order valence-corrected chi connectivity index (χ3v) is 3.01. The number of nitrogens with zero attached hydrogens (tertiary/aromatic N) is 1. The number of carbonyl (C=O) groups is 1. The van der Waals surface area contributed by atoms with Crippen molar-refractivity contribution in [1.29, 1.82) is 0 Å². The number of anilines is 1. The van der Waals surface area contributed by atoms with E-state index in [0.29, 0.717) is 5.56 Å². The number of Topliss-reactive ketones (excluding diaryl/α,β-unsaturated/α-hetero) is 1. The number of carbonyl (C=O) groups excluding carboxylic acids is 1. The summed E-state index contributed by atoms with van der Waals surface area (Å²) >= 11 is 0. The van der Waals surface area contributed by atoms with Crippen LogP contribution in [0.3, 0.4) is 0 Å². The molecule has 3 heteroatoms. The van der Waals surface area contributed by atoms with Gasteiger partial charge in [-0.25, -0.2) is 0 Å². The van der Waals surface area contributed by atoms with Gasteiger partial charge in [0.05, 0.1) is 12.2 Å². The molecule has 0 bridgehead atoms. The Morgan fingerprint density at radius 3 is 2.94 bits per heavy atom. The molecule has 1 heterocycles. The molecule has 0 radical (unpaired) electrons. The van der Waals surface area contributed by atoms with Gasteiger partial charge < -0.3 is 9.64 Å². The van der Waals surface area contributed by atoms with Gasteiger partial charge in [0.25, 0.3) is 0 Å². The lowest BCUT2D eigenvalue weighted by Gasteiger charge is -2.35. The number of hydrogen-bond donors (Lipinski definition) is 0. The van der Waals surface area contributed by atoms with Crippen LogP contribution < -0.4 is 9.64 Å². The topological polar surface area (TPSA) is 29.5 Å². The molecule has 1 aliphatic rings. The number of ketones is 1. The highest BCUT2D eigenvalue weighted by molar-refractivity contribution is 5.95. The Hall–Kier alpha value is -1.51. The fourth-order valence-corrected chi connectivity index (χ4v) is 2.23. The zero-order chi connectivity index (χ0) is 12.4. The Labute approximate surface area is 102 Å². The van der Waals surface area contributed by atoms with Crippen LogP contribution in [0.1, 0.15) is 37.6 Å². The Balaban J connectivity index is 2.36. The van der Waals surface area contributed by atoms with Crippen molar-refractivity contribution in [3.05, 3.63) is 23.8 Å². The van der Waals surface area contributed by atoms with Gasteiger partial charge in [0, 0.05) is 12.1 Å². The highest BCUT2D eigenvalue weighted by Gasteiger charge is 2.22. The van der Waals surface area contributed by atoms with Crippen molar-refractivity contribution >= 4 is 11.5 Å². The van der Waals surface area contributed by atoms with Crippen LogP contribution in [0.2, 0.25) is 0 Å². The molecule has 0 saturated carbocycles. The molecule has 17 heavy (non-hydrogen) atoms. The standard InChI is InChI=1S/C14H19NO2/c1-4-7-15-9-10(2)17-14-8-12(11(3)16)5-6-13(14)15/h5-6,8,10H,4,7,9H2,1-3H3. The van der Waals surface area contributed by atoms with Gasteiger partial charge in [0.1, 0.15) is 11.9 Å². The van der Waals surface area contributed by atoms with Crippen molar-refractivity contribution in [2.24, 2.45) is 0 Å². The quantitative estimate of drug-likeness (QED) is 0.752. The Morgan fingerprint density at radius 2 is 2.29 bits per heavy atom. The van der Waals surface area contributed by atoms with Crippen LogP contribution in [0, 0.1) is 0 Å².